The Bertz CT molecular complexity index is 952. The second-order valence-electron chi connectivity index (χ2n) is 6.76. The zero-order valence-corrected chi connectivity index (χ0v) is 19.0. The van der Waals surface area contributed by atoms with Gasteiger partial charge in [0.05, 0.1) is 10.6 Å². The van der Waals surface area contributed by atoms with Crippen LogP contribution in [0.5, 0.6) is 11.5 Å². The molecule has 0 fully saturated rings. The number of ketones is 1. The number of carbonyl (C=O) groups is 2. The molecule has 7 nitrogen and oxygen atoms in total. The molecule has 0 heterocycles. The molecule has 0 unspecified atom stereocenters. The summed E-state index contributed by atoms with van der Waals surface area (Å²) in [5, 5.41) is 16.9. The third kappa shape index (κ3) is 7.25. The average Bonchev–Trinajstić information content (AvgIpc) is 2.71. The van der Waals surface area contributed by atoms with E-state index in [2.05, 4.69) is 10.5 Å². The van der Waals surface area contributed by atoms with Crippen LogP contribution in [0.15, 0.2) is 40.4 Å². The maximum Gasteiger partial charge on any atom is 0.308 e. The van der Waals surface area contributed by atoms with E-state index >= 15 is 0 Å². The number of anilines is 1. The van der Waals surface area contributed by atoms with Gasteiger partial charge in [0.25, 0.3) is 0 Å². The highest BCUT2D eigenvalue weighted by Crippen LogP contribution is 2.33. The van der Waals surface area contributed by atoms with Crippen LogP contribution in [0.3, 0.4) is 0 Å². The lowest BCUT2D eigenvalue weighted by molar-refractivity contribution is -0.131. The Morgan fingerprint density at radius 1 is 1.26 bits per heavy atom. The van der Waals surface area contributed by atoms with Crippen molar-refractivity contribution in [2.75, 3.05) is 24.2 Å². The number of phenolic OH excluding ortho intramolecular Hbond substituents is 1. The molecule has 0 atom stereocenters. The summed E-state index contributed by atoms with van der Waals surface area (Å²) in [6.07, 6.45) is 2.22. The summed E-state index contributed by atoms with van der Waals surface area (Å²) in [5.74, 6) is 0.237. The predicted molar refractivity (Wildman–Crippen MR) is 124 cm³/mol. The van der Waals surface area contributed by atoms with Crippen molar-refractivity contribution < 1.29 is 19.4 Å². The van der Waals surface area contributed by atoms with E-state index in [-0.39, 0.29) is 11.3 Å². The van der Waals surface area contributed by atoms with Crippen molar-refractivity contribution in [3.8, 4) is 11.5 Å². The summed E-state index contributed by atoms with van der Waals surface area (Å²) in [6, 6.07) is 8.41. The minimum absolute atomic E-state index is 0.0884. The van der Waals surface area contributed by atoms with Crippen LogP contribution >= 0.6 is 23.4 Å². The summed E-state index contributed by atoms with van der Waals surface area (Å²) >= 11 is 7.84. The molecule has 0 aromatic heterocycles. The number of Topliss-reactive ketones (excluding diaryl/α,β-unsaturated/α-hetero) is 1. The average molecular weight is 465 g/mol. The zero-order valence-electron chi connectivity index (χ0n) is 17.4. The molecule has 0 aliphatic rings. The summed E-state index contributed by atoms with van der Waals surface area (Å²) in [5.41, 5.74) is 1.55. The Kier molecular flexibility index (Phi) is 9.81. The molecular formula is C22H25ClN2O5S. The molecule has 9 heteroatoms. The number of nitrogens with one attached hydrogen (secondary N) is 1. The molecule has 0 bridgehead atoms. The van der Waals surface area contributed by atoms with E-state index in [1.165, 1.54) is 13.0 Å². The molecule has 2 aromatic carbocycles. The van der Waals surface area contributed by atoms with Crippen molar-refractivity contribution in [2.24, 2.45) is 5.18 Å². The minimum atomic E-state index is -0.496. The van der Waals surface area contributed by atoms with Crippen LogP contribution in [0, 0.1) is 4.91 Å². The van der Waals surface area contributed by atoms with Gasteiger partial charge in [-0.15, -0.1) is 11.8 Å². The molecule has 0 spiro atoms. The topological polar surface area (TPSA) is 105 Å². The Morgan fingerprint density at radius 2 is 2.03 bits per heavy atom. The first-order valence-electron chi connectivity index (χ1n) is 9.89. The fourth-order valence-electron chi connectivity index (χ4n) is 2.98. The molecule has 2 rings (SSSR count). The van der Waals surface area contributed by atoms with Crippen LogP contribution in [0.2, 0.25) is 5.02 Å². The number of nitrogens with zero attached hydrogens (tertiary/aromatic N) is 1. The van der Waals surface area contributed by atoms with Crippen LogP contribution in [0.25, 0.3) is 0 Å². The molecule has 0 saturated carbocycles. The van der Waals surface area contributed by atoms with Gasteiger partial charge >= 0.3 is 5.97 Å². The summed E-state index contributed by atoms with van der Waals surface area (Å²) < 4.78 is 5.01. The van der Waals surface area contributed by atoms with E-state index in [9.17, 15) is 19.6 Å². The highest BCUT2D eigenvalue weighted by Gasteiger charge is 2.17. The molecule has 31 heavy (non-hydrogen) atoms. The van der Waals surface area contributed by atoms with Gasteiger partial charge in [0.15, 0.2) is 5.78 Å². The highest BCUT2D eigenvalue weighted by molar-refractivity contribution is 7.99. The van der Waals surface area contributed by atoms with Crippen molar-refractivity contribution in [1.29, 1.82) is 0 Å². The van der Waals surface area contributed by atoms with Crippen molar-refractivity contribution in [3.05, 3.63) is 51.4 Å². The van der Waals surface area contributed by atoms with Crippen LogP contribution in [-0.4, -0.2) is 35.7 Å². The second-order valence-corrected chi connectivity index (χ2v) is 8.31. The van der Waals surface area contributed by atoms with E-state index in [1.807, 2.05) is 13.0 Å². The predicted octanol–water partition coefficient (Wildman–Crippen LogP) is 5.47. The number of phenols is 1. The SMILES string of the molecule is CCCc1c(NCCCSc2ccc(OC(C)=O)cc2Cl)ccc(C(=O)CN=O)c1O. The molecule has 0 aliphatic carbocycles. The molecular weight excluding hydrogens is 440 g/mol. The van der Waals surface area contributed by atoms with Gasteiger partial charge in [-0.1, -0.05) is 30.1 Å². The number of rotatable bonds is 12. The molecule has 0 radical (unpaired) electrons. The summed E-state index contributed by atoms with van der Waals surface area (Å²) in [7, 11) is 0. The number of aromatic hydroxyl groups is 1. The first-order valence-corrected chi connectivity index (χ1v) is 11.3. The fraction of sp³-hybridized carbons (Fsp3) is 0.364. The van der Waals surface area contributed by atoms with Gasteiger partial charge in [-0.2, -0.15) is 4.91 Å². The number of nitroso groups, excluding NO2 is 1. The Balaban J connectivity index is 1.93. The van der Waals surface area contributed by atoms with Crippen molar-refractivity contribution in [3.63, 3.8) is 0 Å². The Morgan fingerprint density at radius 3 is 2.68 bits per heavy atom. The van der Waals surface area contributed by atoms with E-state index in [4.69, 9.17) is 16.3 Å². The maximum atomic E-state index is 12.0. The van der Waals surface area contributed by atoms with E-state index in [0.29, 0.717) is 29.3 Å². The lowest BCUT2D eigenvalue weighted by Gasteiger charge is -2.15. The van der Waals surface area contributed by atoms with E-state index in [0.717, 1.165) is 29.2 Å². The van der Waals surface area contributed by atoms with Crippen molar-refractivity contribution in [2.45, 2.75) is 38.0 Å². The second kappa shape index (κ2) is 12.3. The van der Waals surface area contributed by atoms with Gasteiger partial charge < -0.3 is 15.2 Å². The van der Waals surface area contributed by atoms with Crippen LogP contribution in [0.4, 0.5) is 5.69 Å². The Hall–Kier alpha value is -2.58. The molecule has 0 amide bonds. The monoisotopic (exact) mass is 464 g/mol. The smallest absolute Gasteiger partial charge is 0.308 e. The van der Waals surface area contributed by atoms with Gasteiger partial charge in [0.1, 0.15) is 18.0 Å². The third-order valence-electron chi connectivity index (χ3n) is 4.35. The first-order chi connectivity index (χ1) is 14.9. The standard InChI is InChI=1S/C22H25ClN2O5S/c1-3-5-16-19(8-7-17(22(16)28)20(27)13-25-29)24-10-4-11-31-21-9-6-15(12-18(21)23)30-14(2)26/h6-9,12,24,28H,3-5,10-11,13H2,1-2H3. The van der Waals surface area contributed by atoms with Crippen molar-refractivity contribution >= 4 is 40.8 Å². The maximum absolute atomic E-state index is 12.0. The summed E-state index contributed by atoms with van der Waals surface area (Å²) in [4.78, 5) is 34.2. The van der Waals surface area contributed by atoms with E-state index in [1.54, 1.807) is 30.0 Å². The normalized spacial score (nSPS) is 10.5. The molecule has 0 saturated heterocycles. The number of carbonyl (C=O) groups excluding carboxylic acids is 2. The van der Waals surface area contributed by atoms with Gasteiger partial charge in [0.2, 0.25) is 0 Å². The number of hydrogen-bond acceptors (Lipinski definition) is 8. The Labute approximate surface area is 190 Å². The first kappa shape index (κ1) is 24.7. The largest absolute Gasteiger partial charge is 0.507 e. The molecule has 0 aliphatic heterocycles. The lowest BCUT2D eigenvalue weighted by Crippen LogP contribution is -2.09. The van der Waals surface area contributed by atoms with Crippen LogP contribution in [0.1, 0.15) is 42.6 Å². The number of thioether (sulfide) groups is 1. The number of benzene rings is 2. The van der Waals surface area contributed by atoms with Crippen molar-refractivity contribution in [1.82, 2.24) is 0 Å². The lowest BCUT2D eigenvalue weighted by atomic mass is 10.00. The van der Waals surface area contributed by atoms with Gasteiger partial charge in [-0.25, -0.2) is 0 Å². The minimum Gasteiger partial charge on any atom is -0.507 e. The molecule has 2 N–H and O–H groups in total. The molecule has 166 valence electrons. The quantitative estimate of drug-likeness (QED) is 0.107. The van der Waals surface area contributed by atoms with Gasteiger partial charge in [0, 0.05) is 35.7 Å². The molecule has 2 aromatic rings. The number of hydrogen-bond donors (Lipinski definition) is 2. The zero-order chi connectivity index (χ0) is 22.8. The number of esters is 1. The fourth-order valence-corrected chi connectivity index (χ4v) is 4.18. The number of halogens is 1. The summed E-state index contributed by atoms with van der Waals surface area (Å²) in [6.45, 7) is 3.49. The third-order valence-corrected chi connectivity index (χ3v) is 5.93. The highest BCUT2D eigenvalue weighted by atomic mass is 35.5. The van der Waals surface area contributed by atoms with E-state index < -0.39 is 18.3 Å². The van der Waals surface area contributed by atoms with Gasteiger partial charge in [-0.05, 0) is 42.9 Å². The number of ether oxygens (including phenoxy) is 1. The van der Waals surface area contributed by atoms with Crippen LogP contribution in [-0.2, 0) is 11.2 Å². The van der Waals surface area contributed by atoms with Gasteiger partial charge in [-0.3, -0.25) is 9.59 Å². The van der Waals surface area contributed by atoms with Crippen LogP contribution < -0.4 is 10.1 Å².